The molecule has 0 radical (unpaired) electrons. The maximum Gasteiger partial charge on any atom is 0.125 e. The summed E-state index contributed by atoms with van der Waals surface area (Å²) in [7, 11) is 0. The van der Waals surface area contributed by atoms with Crippen LogP contribution in [0.3, 0.4) is 0 Å². The predicted molar refractivity (Wildman–Crippen MR) is 90.8 cm³/mol. The van der Waals surface area contributed by atoms with E-state index in [-0.39, 0.29) is 0 Å². The third kappa shape index (κ3) is 4.25. The maximum absolute atomic E-state index is 5.90. The Balaban J connectivity index is 1.87. The fourth-order valence-electron chi connectivity index (χ4n) is 2.41. The number of hydrogen-bond donors (Lipinski definition) is 1. The lowest BCUT2D eigenvalue weighted by molar-refractivity contribution is 0.215. The van der Waals surface area contributed by atoms with Gasteiger partial charge in [-0.25, -0.2) is 0 Å². The van der Waals surface area contributed by atoms with Gasteiger partial charge in [-0.1, -0.05) is 24.3 Å². The molecule has 0 amide bonds. The minimum absolute atomic E-state index is 0.527. The van der Waals surface area contributed by atoms with Crippen LogP contribution in [0.25, 0.3) is 0 Å². The summed E-state index contributed by atoms with van der Waals surface area (Å²) >= 11 is 0. The van der Waals surface area contributed by atoms with Crippen molar-refractivity contribution in [3.05, 3.63) is 58.7 Å². The first-order valence-electron chi connectivity index (χ1n) is 7.73. The molecule has 0 heterocycles. The molecule has 0 aromatic heterocycles. The Morgan fingerprint density at radius 3 is 2.41 bits per heavy atom. The van der Waals surface area contributed by atoms with Crippen molar-refractivity contribution in [1.82, 2.24) is 0 Å². The number of hydrogen-bond acceptors (Lipinski definition) is 3. The van der Waals surface area contributed by atoms with Crippen LogP contribution in [-0.4, -0.2) is 19.8 Å². The zero-order valence-corrected chi connectivity index (χ0v) is 13.7. The van der Waals surface area contributed by atoms with Crippen molar-refractivity contribution in [3.63, 3.8) is 0 Å². The molecule has 0 saturated heterocycles. The smallest absolute Gasteiger partial charge is 0.125 e. The van der Waals surface area contributed by atoms with Crippen LogP contribution in [0.2, 0.25) is 0 Å². The first-order chi connectivity index (χ1) is 10.6. The van der Waals surface area contributed by atoms with Crippen molar-refractivity contribution >= 4 is 0 Å². The van der Waals surface area contributed by atoms with E-state index in [9.17, 15) is 0 Å². The highest BCUT2D eigenvalue weighted by molar-refractivity contribution is 5.44. The van der Waals surface area contributed by atoms with E-state index >= 15 is 0 Å². The molecule has 2 rings (SSSR count). The normalized spacial score (nSPS) is 10.5. The van der Waals surface area contributed by atoms with Gasteiger partial charge in [-0.15, -0.1) is 0 Å². The molecule has 3 heteroatoms. The third-order valence-electron chi connectivity index (χ3n) is 3.80. The van der Waals surface area contributed by atoms with Crippen LogP contribution >= 0.6 is 0 Å². The van der Waals surface area contributed by atoms with Crippen molar-refractivity contribution in [1.29, 1.82) is 0 Å². The van der Waals surface area contributed by atoms with Gasteiger partial charge in [0.2, 0.25) is 0 Å². The number of benzene rings is 2. The lowest BCUT2D eigenvalue weighted by atomic mass is 10.1. The molecule has 0 aliphatic rings. The molecular weight excluding hydrogens is 274 g/mol. The number of nitrogens with two attached hydrogens (primary N) is 1. The van der Waals surface area contributed by atoms with E-state index in [4.69, 9.17) is 15.2 Å². The Kier molecular flexibility index (Phi) is 5.84. The zero-order valence-electron chi connectivity index (χ0n) is 13.7. The van der Waals surface area contributed by atoms with E-state index < -0.39 is 0 Å². The van der Waals surface area contributed by atoms with Crippen LogP contribution in [0.1, 0.15) is 22.3 Å². The highest BCUT2D eigenvalue weighted by Crippen LogP contribution is 2.25. The van der Waals surface area contributed by atoms with E-state index in [1.807, 2.05) is 18.2 Å². The summed E-state index contributed by atoms with van der Waals surface area (Å²) in [6.07, 6.45) is 0.870. The molecule has 0 spiro atoms. The van der Waals surface area contributed by atoms with Crippen LogP contribution < -0.4 is 15.2 Å². The molecule has 0 unspecified atom stereocenters. The highest BCUT2D eigenvalue weighted by Gasteiger charge is 2.06. The van der Waals surface area contributed by atoms with Gasteiger partial charge in [0.1, 0.15) is 24.7 Å². The van der Waals surface area contributed by atoms with Gasteiger partial charge >= 0.3 is 0 Å². The Morgan fingerprint density at radius 2 is 1.64 bits per heavy atom. The summed E-state index contributed by atoms with van der Waals surface area (Å²) in [4.78, 5) is 0. The minimum Gasteiger partial charge on any atom is -0.490 e. The molecule has 2 aromatic rings. The molecule has 0 bridgehead atoms. The van der Waals surface area contributed by atoms with E-state index in [1.165, 1.54) is 16.7 Å². The molecule has 0 saturated carbocycles. The zero-order chi connectivity index (χ0) is 15.9. The fraction of sp³-hybridized carbons (Fsp3) is 0.368. The number of ether oxygens (including phenoxy) is 2. The molecular formula is C19H25NO2. The first kappa shape index (κ1) is 16.4. The van der Waals surface area contributed by atoms with Crippen LogP contribution in [0.5, 0.6) is 11.5 Å². The van der Waals surface area contributed by atoms with Crippen LogP contribution in [0.4, 0.5) is 0 Å². The van der Waals surface area contributed by atoms with Gasteiger partial charge in [-0.3, -0.25) is 0 Å². The van der Waals surface area contributed by atoms with E-state index in [1.54, 1.807) is 0 Å². The molecule has 0 fully saturated rings. The Morgan fingerprint density at radius 1 is 0.909 bits per heavy atom. The van der Waals surface area contributed by atoms with E-state index in [2.05, 4.69) is 39.0 Å². The van der Waals surface area contributed by atoms with Gasteiger partial charge in [0.05, 0.1) is 0 Å². The molecule has 22 heavy (non-hydrogen) atoms. The predicted octanol–water partition coefficient (Wildman–Crippen LogP) is 3.57. The molecule has 2 aromatic carbocycles. The maximum atomic E-state index is 5.90. The van der Waals surface area contributed by atoms with Gasteiger partial charge in [-0.2, -0.15) is 0 Å². The van der Waals surface area contributed by atoms with Crippen LogP contribution in [-0.2, 0) is 6.42 Å². The average Bonchev–Trinajstić information content (AvgIpc) is 2.51. The topological polar surface area (TPSA) is 44.5 Å². The highest BCUT2D eigenvalue weighted by atomic mass is 16.5. The fourth-order valence-corrected chi connectivity index (χ4v) is 2.41. The molecule has 0 aliphatic heterocycles. The van der Waals surface area contributed by atoms with E-state index in [0.717, 1.165) is 23.5 Å². The van der Waals surface area contributed by atoms with Gasteiger partial charge < -0.3 is 15.2 Å². The summed E-state index contributed by atoms with van der Waals surface area (Å²) in [6.45, 7) is 7.97. The van der Waals surface area contributed by atoms with Gasteiger partial charge in [-0.05, 0) is 68.1 Å². The number of aryl methyl sites for hydroxylation is 2. The van der Waals surface area contributed by atoms with Crippen molar-refractivity contribution in [2.45, 2.75) is 27.2 Å². The lowest BCUT2D eigenvalue weighted by Crippen LogP contribution is -2.11. The second kappa shape index (κ2) is 7.85. The standard InChI is InChI=1S/C19H25NO2/c1-14-7-8-15(2)19(16(14)3)22-12-11-21-18-6-4-5-17(13-18)9-10-20/h4-8,13H,9-12,20H2,1-3H3. The van der Waals surface area contributed by atoms with Crippen molar-refractivity contribution in [2.75, 3.05) is 19.8 Å². The van der Waals surface area contributed by atoms with Gasteiger partial charge in [0.25, 0.3) is 0 Å². The van der Waals surface area contributed by atoms with Crippen LogP contribution in [0.15, 0.2) is 36.4 Å². The second-order valence-electron chi connectivity index (χ2n) is 5.54. The third-order valence-corrected chi connectivity index (χ3v) is 3.80. The summed E-state index contributed by atoms with van der Waals surface area (Å²) < 4.78 is 11.7. The van der Waals surface area contributed by atoms with Crippen LogP contribution in [0, 0.1) is 20.8 Å². The summed E-state index contributed by atoms with van der Waals surface area (Å²) in [6, 6.07) is 12.3. The quantitative estimate of drug-likeness (QED) is 0.795. The first-order valence-corrected chi connectivity index (χ1v) is 7.73. The summed E-state index contributed by atoms with van der Waals surface area (Å²) in [5.41, 5.74) is 10.4. The average molecular weight is 299 g/mol. The summed E-state index contributed by atoms with van der Waals surface area (Å²) in [5.74, 6) is 1.84. The van der Waals surface area contributed by atoms with E-state index in [0.29, 0.717) is 19.8 Å². The second-order valence-corrected chi connectivity index (χ2v) is 5.54. The summed E-state index contributed by atoms with van der Waals surface area (Å²) in [5, 5.41) is 0. The van der Waals surface area contributed by atoms with Crippen molar-refractivity contribution in [3.8, 4) is 11.5 Å². The monoisotopic (exact) mass is 299 g/mol. The molecule has 118 valence electrons. The SMILES string of the molecule is Cc1ccc(C)c(OCCOc2cccc(CCN)c2)c1C. The minimum atomic E-state index is 0.527. The molecule has 2 N–H and O–H groups in total. The lowest BCUT2D eigenvalue weighted by Gasteiger charge is -2.14. The molecule has 3 nitrogen and oxygen atoms in total. The van der Waals surface area contributed by atoms with Crippen molar-refractivity contribution in [2.24, 2.45) is 5.73 Å². The Bertz CT molecular complexity index is 623. The Hall–Kier alpha value is -2.00. The van der Waals surface area contributed by atoms with Gasteiger partial charge in [0, 0.05) is 0 Å². The largest absolute Gasteiger partial charge is 0.490 e. The van der Waals surface area contributed by atoms with Crippen molar-refractivity contribution < 1.29 is 9.47 Å². The molecule has 0 atom stereocenters. The van der Waals surface area contributed by atoms with Gasteiger partial charge in [0.15, 0.2) is 0 Å². The number of rotatable bonds is 7. The molecule has 0 aliphatic carbocycles. The Labute approximate surface area is 133 Å².